The third-order valence-electron chi connectivity index (χ3n) is 4.81. The summed E-state index contributed by atoms with van der Waals surface area (Å²) in [5.41, 5.74) is 3.82. The Morgan fingerprint density at radius 1 is 1.20 bits per heavy atom. The highest BCUT2D eigenvalue weighted by molar-refractivity contribution is 5.93. The summed E-state index contributed by atoms with van der Waals surface area (Å²) in [6.07, 6.45) is 2.05. The summed E-state index contributed by atoms with van der Waals surface area (Å²) in [4.78, 5) is 22.6. The minimum absolute atomic E-state index is 0.0776. The lowest BCUT2D eigenvalue weighted by Gasteiger charge is -2.28. The van der Waals surface area contributed by atoms with E-state index in [0.717, 1.165) is 54.0 Å². The summed E-state index contributed by atoms with van der Waals surface area (Å²) in [5.74, 6) is 1.03. The Bertz CT molecular complexity index is 851. The fraction of sp³-hybridized carbons (Fsp3) is 0.300. The Morgan fingerprint density at radius 3 is 2.76 bits per heavy atom. The van der Waals surface area contributed by atoms with Gasteiger partial charge in [-0.1, -0.05) is 12.1 Å². The summed E-state index contributed by atoms with van der Waals surface area (Å²) < 4.78 is 0. The first-order valence-electron chi connectivity index (χ1n) is 8.73. The molecule has 0 unspecified atom stereocenters. The molecule has 1 amide bonds. The van der Waals surface area contributed by atoms with E-state index in [1.54, 1.807) is 0 Å². The second kappa shape index (κ2) is 6.69. The van der Waals surface area contributed by atoms with E-state index < -0.39 is 0 Å². The van der Waals surface area contributed by atoms with Gasteiger partial charge in [-0.3, -0.25) is 4.79 Å². The number of carbonyl (C=O) groups excluding carboxylic acids is 1. The molecule has 3 aromatic rings. The van der Waals surface area contributed by atoms with E-state index in [1.807, 2.05) is 48.5 Å². The van der Waals surface area contributed by atoms with Crippen LogP contribution in [0, 0.1) is 5.92 Å². The van der Waals surface area contributed by atoms with E-state index in [4.69, 9.17) is 0 Å². The van der Waals surface area contributed by atoms with Crippen LogP contribution in [0.3, 0.4) is 0 Å². The highest BCUT2D eigenvalue weighted by atomic mass is 16.1. The number of imidazole rings is 1. The first kappa shape index (κ1) is 15.8. The number of anilines is 1. The van der Waals surface area contributed by atoms with Crippen LogP contribution in [-0.2, 0) is 4.79 Å². The van der Waals surface area contributed by atoms with Gasteiger partial charge in [0.15, 0.2) is 0 Å². The molecule has 5 heteroatoms. The van der Waals surface area contributed by atoms with Crippen LogP contribution >= 0.6 is 0 Å². The first-order chi connectivity index (χ1) is 12.2. The molecule has 2 heterocycles. The molecule has 128 valence electrons. The Labute approximate surface area is 147 Å². The predicted octanol–water partition coefficient (Wildman–Crippen LogP) is 3.51. The number of fused-ring (bicyclic) bond motifs is 1. The molecule has 5 nitrogen and oxygen atoms in total. The number of aromatic amines is 1. The van der Waals surface area contributed by atoms with E-state index in [-0.39, 0.29) is 11.8 Å². The molecule has 1 aliphatic rings. The molecule has 2 aromatic carbocycles. The molecular formula is C20H22N4O. The SMILES string of the molecule is CN1CCC[C@@H](C(=O)Nc2ccc(-c3nc4ccccc4[nH]3)cc2)C1. The van der Waals surface area contributed by atoms with Crippen molar-refractivity contribution in [3.8, 4) is 11.4 Å². The topological polar surface area (TPSA) is 61.0 Å². The summed E-state index contributed by atoms with van der Waals surface area (Å²) in [5, 5.41) is 3.04. The average molecular weight is 334 g/mol. The van der Waals surface area contributed by atoms with Gasteiger partial charge in [0.25, 0.3) is 0 Å². The number of hydrogen-bond donors (Lipinski definition) is 2. The van der Waals surface area contributed by atoms with E-state index in [0.29, 0.717) is 0 Å². The number of hydrogen-bond acceptors (Lipinski definition) is 3. The lowest BCUT2D eigenvalue weighted by atomic mass is 9.97. The van der Waals surface area contributed by atoms with Gasteiger partial charge in [0.2, 0.25) is 5.91 Å². The Kier molecular flexibility index (Phi) is 4.24. The predicted molar refractivity (Wildman–Crippen MR) is 100 cm³/mol. The minimum Gasteiger partial charge on any atom is -0.338 e. The van der Waals surface area contributed by atoms with Gasteiger partial charge >= 0.3 is 0 Å². The number of carbonyl (C=O) groups is 1. The molecule has 0 aliphatic carbocycles. The molecule has 0 bridgehead atoms. The van der Waals surface area contributed by atoms with Gasteiger partial charge in [-0.2, -0.15) is 0 Å². The number of rotatable bonds is 3. The van der Waals surface area contributed by atoms with Gasteiger partial charge in [-0.05, 0) is 62.8 Å². The quantitative estimate of drug-likeness (QED) is 0.770. The largest absolute Gasteiger partial charge is 0.338 e. The van der Waals surface area contributed by atoms with Gasteiger partial charge in [0.1, 0.15) is 5.82 Å². The van der Waals surface area contributed by atoms with Gasteiger partial charge in [-0.15, -0.1) is 0 Å². The van der Waals surface area contributed by atoms with Crippen LogP contribution in [0.4, 0.5) is 5.69 Å². The highest BCUT2D eigenvalue weighted by Crippen LogP contribution is 2.23. The molecule has 0 saturated carbocycles. The van der Waals surface area contributed by atoms with E-state index >= 15 is 0 Å². The minimum atomic E-state index is 0.0776. The van der Waals surface area contributed by atoms with E-state index in [1.165, 1.54) is 0 Å². The lowest BCUT2D eigenvalue weighted by Crippen LogP contribution is -2.38. The molecule has 0 radical (unpaired) electrons. The van der Waals surface area contributed by atoms with Crippen molar-refractivity contribution in [3.05, 3.63) is 48.5 Å². The Balaban J connectivity index is 1.47. The van der Waals surface area contributed by atoms with Crippen molar-refractivity contribution in [2.75, 3.05) is 25.5 Å². The molecule has 1 saturated heterocycles. The van der Waals surface area contributed by atoms with E-state index in [2.05, 4.69) is 27.2 Å². The van der Waals surface area contributed by atoms with Crippen LogP contribution in [0.25, 0.3) is 22.4 Å². The summed E-state index contributed by atoms with van der Waals surface area (Å²) >= 11 is 0. The molecule has 25 heavy (non-hydrogen) atoms. The fourth-order valence-electron chi connectivity index (χ4n) is 3.43. The van der Waals surface area contributed by atoms with Crippen molar-refractivity contribution in [2.45, 2.75) is 12.8 Å². The van der Waals surface area contributed by atoms with Gasteiger partial charge < -0.3 is 15.2 Å². The summed E-state index contributed by atoms with van der Waals surface area (Å²) in [7, 11) is 2.07. The van der Waals surface area contributed by atoms with Gasteiger partial charge in [-0.25, -0.2) is 4.98 Å². The van der Waals surface area contributed by atoms with Crippen molar-refractivity contribution in [1.82, 2.24) is 14.9 Å². The normalized spacial score (nSPS) is 18.4. The average Bonchev–Trinajstić information content (AvgIpc) is 3.06. The summed E-state index contributed by atoms with van der Waals surface area (Å²) in [6, 6.07) is 15.8. The number of nitrogens with one attached hydrogen (secondary N) is 2. The smallest absolute Gasteiger partial charge is 0.228 e. The maximum Gasteiger partial charge on any atom is 0.228 e. The zero-order valence-electron chi connectivity index (χ0n) is 14.3. The van der Waals surface area contributed by atoms with Crippen LogP contribution in [0.5, 0.6) is 0 Å². The number of aromatic nitrogens is 2. The molecule has 1 aromatic heterocycles. The maximum absolute atomic E-state index is 12.4. The lowest BCUT2D eigenvalue weighted by molar-refractivity contribution is -0.121. The van der Waals surface area contributed by atoms with Crippen molar-refractivity contribution >= 4 is 22.6 Å². The third kappa shape index (κ3) is 3.42. The maximum atomic E-state index is 12.4. The second-order valence-corrected chi connectivity index (χ2v) is 6.77. The monoisotopic (exact) mass is 334 g/mol. The van der Waals surface area contributed by atoms with Crippen molar-refractivity contribution in [3.63, 3.8) is 0 Å². The molecule has 0 spiro atoms. The molecule has 2 N–H and O–H groups in total. The number of likely N-dealkylation sites (tertiary alicyclic amines) is 1. The molecule has 1 fully saturated rings. The van der Waals surface area contributed by atoms with Crippen molar-refractivity contribution in [2.24, 2.45) is 5.92 Å². The number of H-pyrrole nitrogens is 1. The molecular weight excluding hydrogens is 312 g/mol. The zero-order valence-corrected chi connectivity index (χ0v) is 14.3. The number of amides is 1. The van der Waals surface area contributed by atoms with Crippen LogP contribution < -0.4 is 5.32 Å². The number of nitrogens with zero attached hydrogens (tertiary/aromatic N) is 2. The number of para-hydroxylation sites is 2. The first-order valence-corrected chi connectivity index (χ1v) is 8.73. The van der Waals surface area contributed by atoms with Crippen LogP contribution in [-0.4, -0.2) is 40.9 Å². The van der Waals surface area contributed by atoms with Crippen LogP contribution in [0.15, 0.2) is 48.5 Å². The Morgan fingerprint density at radius 2 is 2.00 bits per heavy atom. The zero-order chi connectivity index (χ0) is 17.2. The van der Waals surface area contributed by atoms with Crippen LogP contribution in [0.2, 0.25) is 0 Å². The Hall–Kier alpha value is -2.66. The molecule has 1 aliphatic heterocycles. The van der Waals surface area contributed by atoms with Crippen LogP contribution in [0.1, 0.15) is 12.8 Å². The van der Waals surface area contributed by atoms with E-state index in [9.17, 15) is 4.79 Å². The van der Waals surface area contributed by atoms with Crippen molar-refractivity contribution < 1.29 is 4.79 Å². The molecule has 1 atom stereocenters. The van der Waals surface area contributed by atoms with Gasteiger partial charge in [0.05, 0.1) is 17.0 Å². The summed E-state index contributed by atoms with van der Waals surface area (Å²) in [6.45, 7) is 1.92. The third-order valence-corrected chi connectivity index (χ3v) is 4.81. The van der Waals surface area contributed by atoms with Crippen molar-refractivity contribution in [1.29, 1.82) is 0 Å². The van der Waals surface area contributed by atoms with Gasteiger partial charge in [0, 0.05) is 17.8 Å². The fourth-order valence-corrected chi connectivity index (χ4v) is 3.43. The second-order valence-electron chi connectivity index (χ2n) is 6.77. The number of benzene rings is 2. The highest BCUT2D eigenvalue weighted by Gasteiger charge is 2.23. The molecule has 4 rings (SSSR count). The standard InChI is InChI=1S/C20H22N4O/c1-24-12-4-5-15(13-24)20(25)21-16-10-8-14(9-11-16)19-22-17-6-2-3-7-18(17)23-19/h2-3,6-11,15H,4-5,12-13H2,1H3,(H,21,25)(H,22,23)/t15-/m1/s1. The number of piperidine rings is 1.